The molecule has 1 aromatic heterocycles. The monoisotopic (exact) mass is 421 g/mol. The Hall–Kier alpha value is -3.12. The molecular formula is C25H31N3O3. The molecule has 0 saturated carbocycles. The first-order chi connectivity index (χ1) is 14.7. The number of rotatable bonds is 8. The van der Waals surface area contributed by atoms with Crippen molar-refractivity contribution in [3.63, 3.8) is 0 Å². The molecule has 1 heterocycles. The van der Waals surface area contributed by atoms with Gasteiger partial charge in [-0.05, 0) is 56.8 Å². The summed E-state index contributed by atoms with van der Waals surface area (Å²) in [6.07, 6.45) is 1.68. The van der Waals surface area contributed by atoms with E-state index in [0.29, 0.717) is 40.9 Å². The second-order valence-electron chi connectivity index (χ2n) is 8.72. The number of benzene rings is 2. The Labute approximate surface area is 183 Å². The van der Waals surface area contributed by atoms with Crippen LogP contribution in [0.3, 0.4) is 0 Å². The number of aliphatic imine (C=N–C) groups is 1. The molecule has 31 heavy (non-hydrogen) atoms. The molecule has 0 atom stereocenters. The van der Waals surface area contributed by atoms with E-state index in [9.17, 15) is 9.90 Å². The van der Waals surface area contributed by atoms with Crippen molar-refractivity contribution in [2.75, 3.05) is 33.8 Å². The number of ether oxygens (including phenoxy) is 1. The Kier molecular flexibility index (Phi) is 6.81. The SMILES string of the molecule is CCOc1ccc(-n2c(O)c(C=NCC(C)(C)CN(C)C)c3ccccc3c2=O)cc1. The molecule has 164 valence electrons. The van der Waals surface area contributed by atoms with Crippen LogP contribution < -0.4 is 10.3 Å². The molecule has 1 N–H and O–H groups in total. The van der Waals surface area contributed by atoms with Gasteiger partial charge in [0.25, 0.3) is 5.56 Å². The Balaban J connectivity index is 2.09. The van der Waals surface area contributed by atoms with Crippen LogP contribution in [-0.4, -0.2) is 54.6 Å². The second-order valence-corrected chi connectivity index (χ2v) is 8.72. The van der Waals surface area contributed by atoms with Crippen molar-refractivity contribution in [3.05, 3.63) is 64.4 Å². The molecule has 0 amide bonds. The maximum absolute atomic E-state index is 13.2. The highest BCUT2D eigenvalue weighted by atomic mass is 16.5. The van der Waals surface area contributed by atoms with E-state index in [1.807, 2.05) is 39.2 Å². The predicted molar refractivity (Wildman–Crippen MR) is 127 cm³/mol. The zero-order chi connectivity index (χ0) is 22.6. The molecule has 0 spiro atoms. The predicted octanol–water partition coefficient (Wildman–Crippen LogP) is 4.10. The summed E-state index contributed by atoms with van der Waals surface area (Å²) in [5.74, 6) is 0.589. The average Bonchev–Trinajstić information content (AvgIpc) is 2.71. The van der Waals surface area contributed by atoms with Gasteiger partial charge >= 0.3 is 0 Å². The van der Waals surface area contributed by atoms with Crippen molar-refractivity contribution < 1.29 is 9.84 Å². The van der Waals surface area contributed by atoms with Gasteiger partial charge in [-0.1, -0.05) is 32.0 Å². The Bertz CT molecular complexity index is 1130. The highest BCUT2D eigenvalue weighted by Crippen LogP contribution is 2.27. The van der Waals surface area contributed by atoms with Gasteiger partial charge in [0.2, 0.25) is 5.88 Å². The Morgan fingerprint density at radius 1 is 1.10 bits per heavy atom. The van der Waals surface area contributed by atoms with Crippen molar-refractivity contribution >= 4 is 17.0 Å². The third kappa shape index (κ3) is 5.14. The molecule has 2 aromatic carbocycles. The summed E-state index contributed by atoms with van der Waals surface area (Å²) in [7, 11) is 4.08. The summed E-state index contributed by atoms with van der Waals surface area (Å²) in [6, 6.07) is 14.4. The fraction of sp³-hybridized carbons (Fsp3) is 0.360. The lowest BCUT2D eigenvalue weighted by Gasteiger charge is -2.26. The molecule has 0 saturated heterocycles. The minimum atomic E-state index is -0.276. The molecule has 0 aliphatic rings. The molecule has 0 unspecified atom stereocenters. The van der Waals surface area contributed by atoms with Crippen LogP contribution in [0.4, 0.5) is 0 Å². The number of nitrogens with zero attached hydrogens (tertiary/aromatic N) is 3. The molecule has 0 fully saturated rings. The van der Waals surface area contributed by atoms with Crippen LogP contribution in [0.2, 0.25) is 0 Å². The first kappa shape index (κ1) is 22.6. The minimum absolute atomic E-state index is 0.0189. The zero-order valence-corrected chi connectivity index (χ0v) is 18.9. The summed E-state index contributed by atoms with van der Waals surface area (Å²) in [6.45, 7) is 8.28. The lowest BCUT2D eigenvalue weighted by Crippen LogP contribution is -2.31. The third-order valence-electron chi connectivity index (χ3n) is 4.99. The maximum Gasteiger partial charge on any atom is 0.265 e. The number of fused-ring (bicyclic) bond motifs is 1. The molecule has 0 aliphatic carbocycles. The molecule has 3 aromatic rings. The first-order valence-corrected chi connectivity index (χ1v) is 10.5. The molecule has 0 bridgehead atoms. The third-order valence-corrected chi connectivity index (χ3v) is 4.99. The van der Waals surface area contributed by atoms with Crippen molar-refractivity contribution in [2.45, 2.75) is 20.8 Å². The molecule has 0 radical (unpaired) electrons. The molecule has 6 heteroatoms. The minimum Gasteiger partial charge on any atom is -0.494 e. The van der Waals surface area contributed by atoms with Crippen molar-refractivity contribution in [2.24, 2.45) is 10.4 Å². The van der Waals surface area contributed by atoms with E-state index in [0.717, 1.165) is 6.54 Å². The Morgan fingerprint density at radius 3 is 2.35 bits per heavy atom. The van der Waals surface area contributed by atoms with Crippen LogP contribution in [-0.2, 0) is 0 Å². The molecular weight excluding hydrogens is 390 g/mol. The number of aromatic nitrogens is 1. The standard InChI is InChI=1S/C25H31N3O3/c1-6-31-19-13-11-18(12-14-19)28-23(29)21-10-8-7-9-20(21)22(24(28)30)15-26-16-25(2,3)17-27(4)5/h7-15,30H,6,16-17H2,1-5H3. The number of aromatic hydroxyl groups is 1. The summed E-state index contributed by atoms with van der Waals surface area (Å²) >= 11 is 0. The van der Waals surface area contributed by atoms with E-state index in [2.05, 4.69) is 23.7 Å². The van der Waals surface area contributed by atoms with Crippen LogP contribution in [0.5, 0.6) is 11.6 Å². The highest BCUT2D eigenvalue weighted by molar-refractivity contribution is 6.01. The fourth-order valence-electron chi connectivity index (χ4n) is 3.88. The summed E-state index contributed by atoms with van der Waals surface area (Å²) in [5, 5.41) is 12.3. The van der Waals surface area contributed by atoms with Crippen LogP contribution in [0.15, 0.2) is 58.3 Å². The topological polar surface area (TPSA) is 67.1 Å². The van der Waals surface area contributed by atoms with Crippen LogP contribution in [0.1, 0.15) is 26.3 Å². The fourth-order valence-corrected chi connectivity index (χ4v) is 3.88. The van der Waals surface area contributed by atoms with Gasteiger partial charge in [0.05, 0.1) is 17.9 Å². The average molecular weight is 422 g/mol. The van der Waals surface area contributed by atoms with Gasteiger partial charge in [0.1, 0.15) is 5.75 Å². The lowest BCUT2D eigenvalue weighted by molar-refractivity contribution is 0.249. The van der Waals surface area contributed by atoms with Crippen molar-refractivity contribution in [1.82, 2.24) is 9.47 Å². The molecule has 6 nitrogen and oxygen atoms in total. The van der Waals surface area contributed by atoms with Crippen LogP contribution >= 0.6 is 0 Å². The molecule has 3 rings (SSSR count). The van der Waals surface area contributed by atoms with Crippen LogP contribution in [0.25, 0.3) is 16.5 Å². The maximum atomic E-state index is 13.2. The highest BCUT2D eigenvalue weighted by Gasteiger charge is 2.19. The number of pyridine rings is 1. The number of hydrogen-bond acceptors (Lipinski definition) is 5. The van der Waals surface area contributed by atoms with E-state index < -0.39 is 0 Å². The van der Waals surface area contributed by atoms with Crippen LogP contribution in [0, 0.1) is 5.41 Å². The first-order valence-electron chi connectivity index (χ1n) is 10.5. The van der Waals surface area contributed by atoms with E-state index in [1.165, 1.54) is 4.57 Å². The van der Waals surface area contributed by atoms with Gasteiger partial charge in [-0.15, -0.1) is 0 Å². The lowest BCUT2D eigenvalue weighted by atomic mass is 9.93. The smallest absolute Gasteiger partial charge is 0.265 e. The van der Waals surface area contributed by atoms with Gasteiger partial charge < -0.3 is 14.7 Å². The quantitative estimate of drug-likeness (QED) is 0.556. The van der Waals surface area contributed by atoms with Gasteiger partial charge in [0.15, 0.2) is 0 Å². The van der Waals surface area contributed by atoms with E-state index in [1.54, 1.807) is 36.5 Å². The summed E-state index contributed by atoms with van der Waals surface area (Å²) in [4.78, 5) is 20.0. The van der Waals surface area contributed by atoms with E-state index in [-0.39, 0.29) is 16.9 Å². The normalized spacial score (nSPS) is 12.2. The van der Waals surface area contributed by atoms with Crippen molar-refractivity contribution in [3.8, 4) is 17.3 Å². The Morgan fingerprint density at radius 2 is 1.74 bits per heavy atom. The van der Waals surface area contributed by atoms with Gasteiger partial charge in [-0.25, -0.2) is 4.57 Å². The van der Waals surface area contributed by atoms with Gasteiger partial charge in [-0.3, -0.25) is 9.79 Å². The van der Waals surface area contributed by atoms with Gasteiger partial charge in [0, 0.05) is 30.1 Å². The van der Waals surface area contributed by atoms with Gasteiger partial charge in [-0.2, -0.15) is 0 Å². The van der Waals surface area contributed by atoms with E-state index >= 15 is 0 Å². The summed E-state index contributed by atoms with van der Waals surface area (Å²) in [5.41, 5.74) is 0.806. The number of hydrogen-bond donors (Lipinski definition) is 1. The second kappa shape index (κ2) is 9.35. The zero-order valence-electron chi connectivity index (χ0n) is 18.9. The largest absolute Gasteiger partial charge is 0.494 e. The van der Waals surface area contributed by atoms with E-state index in [4.69, 9.17) is 4.74 Å². The van der Waals surface area contributed by atoms with Crippen molar-refractivity contribution in [1.29, 1.82) is 0 Å². The summed E-state index contributed by atoms with van der Waals surface area (Å²) < 4.78 is 6.81. The molecule has 0 aliphatic heterocycles.